The Morgan fingerprint density at radius 3 is 1.84 bits per heavy atom. The highest BCUT2D eigenvalue weighted by atomic mass is 16.5. The molecule has 1 heterocycles. The number of rotatable bonds is 7. The number of amides is 2. The second-order valence-electron chi connectivity index (χ2n) is 7.64. The number of piperazine rings is 1. The Morgan fingerprint density at radius 1 is 0.774 bits per heavy atom. The van der Waals surface area contributed by atoms with Crippen LogP contribution in [0.25, 0.3) is 0 Å². The highest BCUT2D eigenvalue weighted by Crippen LogP contribution is 2.29. The van der Waals surface area contributed by atoms with Crippen molar-refractivity contribution in [3.63, 3.8) is 0 Å². The van der Waals surface area contributed by atoms with E-state index in [-0.39, 0.29) is 12.1 Å². The number of hydrogen-bond acceptors (Lipinski definition) is 3. The first kappa shape index (κ1) is 20.9. The van der Waals surface area contributed by atoms with E-state index < -0.39 is 0 Å². The van der Waals surface area contributed by atoms with Crippen LogP contribution in [0.3, 0.4) is 0 Å². The summed E-state index contributed by atoms with van der Waals surface area (Å²) >= 11 is 0. The van der Waals surface area contributed by atoms with Gasteiger partial charge in [0.15, 0.2) is 0 Å². The lowest BCUT2D eigenvalue weighted by Gasteiger charge is -2.39. The third-order valence-electron chi connectivity index (χ3n) is 5.59. The second-order valence-corrected chi connectivity index (χ2v) is 7.64. The van der Waals surface area contributed by atoms with E-state index >= 15 is 0 Å². The smallest absolute Gasteiger partial charge is 0.317 e. The maximum absolute atomic E-state index is 12.6. The van der Waals surface area contributed by atoms with Crippen LogP contribution in [-0.4, -0.2) is 55.2 Å². The van der Waals surface area contributed by atoms with E-state index in [2.05, 4.69) is 70.9 Å². The van der Waals surface area contributed by atoms with Gasteiger partial charge in [-0.05, 0) is 23.3 Å². The Kier molecular flexibility index (Phi) is 7.19. The van der Waals surface area contributed by atoms with Crippen LogP contribution in [0.4, 0.5) is 4.79 Å². The van der Waals surface area contributed by atoms with Gasteiger partial charge in [0.25, 0.3) is 0 Å². The van der Waals surface area contributed by atoms with Gasteiger partial charge in [0.1, 0.15) is 12.4 Å². The van der Waals surface area contributed by atoms with Crippen molar-refractivity contribution in [1.29, 1.82) is 0 Å². The van der Waals surface area contributed by atoms with E-state index in [1.807, 2.05) is 35.2 Å². The molecule has 5 nitrogen and oxygen atoms in total. The van der Waals surface area contributed by atoms with Crippen LogP contribution >= 0.6 is 0 Å². The van der Waals surface area contributed by atoms with Crippen molar-refractivity contribution in [2.24, 2.45) is 0 Å². The van der Waals surface area contributed by atoms with Gasteiger partial charge in [0.05, 0.1) is 12.6 Å². The molecule has 1 aliphatic heterocycles. The van der Waals surface area contributed by atoms with Crippen molar-refractivity contribution in [2.45, 2.75) is 6.04 Å². The van der Waals surface area contributed by atoms with E-state index in [1.165, 1.54) is 11.1 Å². The van der Waals surface area contributed by atoms with Gasteiger partial charge >= 0.3 is 6.03 Å². The second kappa shape index (κ2) is 10.6. The van der Waals surface area contributed by atoms with Gasteiger partial charge < -0.3 is 15.0 Å². The molecular formula is C26H29N3O2. The molecule has 0 spiro atoms. The first-order valence-corrected chi connectivity index (χ1v) is 10.9. The number of benzene rings is 3. The number of urea groups is 1. The maximum atomic E-state index is 12.6. The highest BCUT2D eigenvalue weighted by molar-refractivity contribution is 5.74. The Bertz CT molecular complexity index is 887. The van der Waals surface area contributed by atoms with E-state index in [9.17, 15) is 4.79 Å². The molecular weight excluding hydrogens is 386 g/mol. The fourth-order valence-electron chi connectivity index (χ4n) is 4.02. The summed E-state index contributed by atoms with van der Waals surface area (Å²) in [4.78, 5) is 16.9. The number of para-hydroxylation sites is 1. The summed E-state index contributed by atoms with van der Waals surface area (Å²) in [5.41, 5.74) is 2.56. The average molecular weight is 416 g/mol. The normalized spacial score (nSPS) is 14.4. The third-order valence-corrected chi connectivity index (χ3v) is 5.59. The number of carbonyl (C=O) groups is 1. The van der Waals surface area contributed by atoms with Crippen molar-refractivity contribution >= 4 is 6.03 Å². The zero-order valence-electron chi connectivity index (χ0n) is 17.7. The van der Waals surface area contributed by atoms with E-state index in [0.29, 0.717) is 26.2 Å². The summed E-state index contributed by atoms with van der Waals surface area (Å²) in [6, 6.07) is 31.0. The quantitative estimate of drug-likeness (QED) is 0.589. The number of nitrogens with zero attached hydrogens (tertiary/aromatic N) is 2. The average Bonchev–Trinajstić information content (AvgIpc) is 2.84. The van der Waals surface area contributed by atoms with E-state index in [4.69, 9.17) is 4.74 Å². The molecule has 3 aromatic carbocycles. The molecule has 0 aliphatic carbocycles. The molecule has 0 radical (unpaired) electrons. The third kappa shape index (κ3) is 5.64. The molecule has 1 N–H and O–H groups in total. The lowest BCUT2D eigenvalue weighted by atomic mass is 9.96. The molecule has 0 bridgehead atoms. The van der Waals surface area contributed by atoms with Crippen molar-refractivity contribution in [1.82, 2.24) is 15.1 Å². The van der Waals surface area contributed by atoms with Crippen LogP contribution in [0.5, 0.6) is 5.75 Å². The van der Waals surface area contributed by atoms with Crippen LogP contribution in [-0.2, 0) is 0 Å². The minimum absolute atomic E-state index is 0.0210. The molecule has 4 rings (SSSR count). The predicted octanol–water partition coefficient (Wildman–Crippen LogP) is 4.18. The summed E-state index contributed by atoms with van der Waals surface area (Å²) < 4.78 is 5.65. The van der Waals surface area contributed by atoms with E-state index in [1.54, 1.807) is 0 Å². The molecule has 1 saturated heterocycles. The lowest BCUT2D eigenvalue weighted by Crippen LogP contribution is -2.53. The van der Waals surface area contributed by atoms with Crippen molar-refractivity contribution in [3.8, 4) is 5.75 Å². The van der Waals surface area contributed by atoms with Gasteiger partial charge in [0, 0.05) is 26.2 Å². The zero-order chi connectivity index (χ0) is 21.3. The van der Waals surface area contributed by atoms with Gasteiger partial charge in [-0.1, -0.05) is 78.9 Å². The molecule has 31 heavy (non-hydrogen) atoms. The Balaban J connectivity index is 1.30. The zero-order valence-corrected chi connectivity index (χ0v) is 17.7. The Morgan fingerprint density at radius 2 is 1.29 bits per heavy atom. The summed E-state index contributed by atoms with van der Waals surface area (Å²) in [6.45, 7) is 4.04. The summed E-state index contributed by atoms with van der Waals surface area (Å²) in [5.74, 6) is 0.818. The molecule has 1 aliphatic rings. The van der Waals surface area contributed by atoms with Gasteiger partial charge in [0.2, 0.25) is 0 Å². The summed E-state index contributed by atoms with van der Waals surface area (Å²) in [6.07, 6.45) is 0. The maximum Gasteiger partial charge on any atom is 0.317 e. The van der Waals surface area contributed by atoms with Gasteiger partial charge in [-0.15, -0.1) is 0 Å². The first-order valence-electron chi connectivity index (χ1n) is 10.9. The number of hydrogen-bond donors (Lipinski definition) is 1. The minimum Gasteiger partial charge on any atom is -0.492 e. The molecule has 0 unspecified atom stereocenters. The van der Waals surface area contributed by atoms with Crippen LogP contribution in [0.2, 0.25) is 0 Å². The van der Waals surface area contributed by atoms with Gasteiger partial charge in [-0.3, -0.25) is 4.90 Å². The fraction of sp³-hybridized carbons (Fsp3) is 0.269. The highest BCUT2D eigenvalue weighted by Gasteiger charge is 2.27. The van der Waals surface area contributed by atoms with Crippen LogP contribution in [0.15, 0.2) is 91.0 Å². The monoisotopic (exact) mass is 415 g/mol. The van der Waals surface area contributed by atoms with Crippen LogP contribution in [0, 0.1) is 0 Å². The Labute approximate surface area is 184 Å². The van der Waals surface area contributed by atoms with Crippen molar-refractivity contribution < 1.29 is 9.53 Å². The molecule has 0 saturated carbocycles. The molecule has 5 heteroatoms. The number of ether oxygens (including phenoxy) is 1. The molecule has 2 amide bonds. The number of nitrogens with one attached hydrogen (secondary N) is 1. The van der Waals surface area contributed by atoms with Crippen molar-refractivity contribution in [2.75, 3.05) is 39.3 Å². The fourth-order valence-corrected chi connectivity index (χ4v) is 4.02. The Hall–Kier alpha value is -3.31. The molecule has 0 atom stereocenters. The minimum atomic E-state index is -0.0210. The summed E-state index contributed by atoms with van der Waals surface area (Å²) in [5, 5.41) is 2.97. The SMILES string of the molecule is O=C(NCCOc1ccccc1)N1CCN(C(c2ccccc2)c2ccccc2)CC1. The van der Waals surface area contributed by atoms with Crippen LogP contribution < -0.4 is 10.1 Å². The summed E-state index contributed by atoms with van der Waals surface area (Å²) in [7, 11) is 0. The van der Waals surface area contributed by atoms with Crippen molar-refractivity contribution in [3.05, 3.63) is 102 Å². The molecule has 1 fully saturated rings. The van der Waals surface area contributed by atoms with Gasteiger partial charge in [-0.25, -0.2) is 4.79 Å². The van der Waals surface area contributed by atoms with E-state index in [0.717, 1.165) is 18.8 Å². The lowest BCUT2D eigenvalue weighted by molar-refractivity contribution is 0.119. The molecule has 0 aromatic heterocycles. The largest absolute Gasteiger partial charge is 0.492 e. The molecule has 3 aromatic rings. The topological polar surface area (TPSA) is 44.8 Å². The van der Waals surface area contributed by atoms with Crippen LogP contribution in [0.1, 0.15) is 17.2 Å². The number of carbonyl (C=O) groups excluding carboxylic acids is 1. The van der Waals surface area contributed by atoms with Gasteiger partial charge in [-0.2, -0.15) is 0 Å². The predicted molar refractivity (Wildman–Crippen MR) is 123 cm³/mol. The molecule has 160 valence electrons. The standard InChI is InChI=1S/C26H29N3O2/c30-26(27-16-21-31-24-14-8-3-9-15-24)29-19-17-28(18-20-29)25(22-10-4-1-5-11-22)23-12-6-2-7-13-23/h1-15,25H,16-21H2,(H,27,30). The first-order chi connectivity index (χ1) is 15.3.